The number of amides is 1. The largest absolute Gasteiger partial charge is 0.493 e. The molecule has 0 unspecified atom stereocenters. The van der Waals surface area contributed by atoms with Crippen molar-refractivity contribution in [3.05, 3.63) is 50.7 Å². The molecule has 0 aliphatic rings. The van der Waals surface area contributed by atoms with Gasteiger partial charge in [0.25, 0.3) is 5.56 Å². The first-order valence-corrected chi connectivity index (χ1v) is 6.36. The van der Waals surface area contributed by atoms with Gasteiger partial charge in [0.2, 0.25) is 5.91 Å². The van der Waals surface area contributed by atoms with Crippen molar-refractivity contribution >= 4 is 11.7 Å². The van der Waals surface area contributed by atoms with Gasteiger partial charge in [0.15, 0.2) is 11.5 Å². The number of aromatic amines is 2. The van der Waals surface area contributed by atoms with Crippen LogP contribution in [0.5, 0.6) is 11.5 Å². The summed E-state index contributed by atoms with van der Waals surface area (Å²) in [4.78, 5) is 38.5. The lowest BCUT2D eigenvalue weighted by molar-refractivity contribution is -0.115. The van der Waals surface area contributed by atoms with Crippen molar-refractivity contribution in [3.63, 3.8) is 0 Å². The van der Waals surface area contributed by atoms with Gasteiger partial charge in [0.1, 0.15) is 5.82 Å². The highest BCUT2D eigenvalue weighted by Crippen LogP contribution is 2.27. The van der Waals surface area contributed by atoms with Crippen LogP contribution in [0.4, 0.5) is 5.82 Å². The molecule has 2 aromatic rings. The molecule has 1 amide bonds. The Morgan fingerprint density at radius 1 is 1.09 bits per heavy atom. The Hall–Kier alpha value is -3.03. The van der Waals surface area contributed by atoms with Crippen LogP contribution in [0.15, 0.2) is 33.9 Å². The monoisotopic (exact) mass is 305 g/mol. The van der Waals surface area contributed by atoms with E-state index in [-0.39, 0.29) is 18.1 Å². The second kappa shape index (κ2) is 6.61. The fourth-order valence-corrected chi connectivity index (χ4v) is 1.91. The number of ether oxygens (including phenoxy) is 2. The predicted molar refractivity (Wildman–Crippen MR) is 79.6 cm³/mol. The van der Waals surface area contributed by atoms with E-state index in [0.29, 0.717) is 17.1 Å². The maximum Gasteiger partial charge on any atom is 0.327 e. The number of hydrogen-bond donors (Lipinski definition) is 3. The normalized spacial score (nSPS) is 10.1. The standard InChI is InChI=1S/C14H15N3O5/c1-21-9-4-3-8(5-10(9)22-2)6-12(18)15-11-7-13(19)17-14(20)16-11/h3-5,7H,6H2,1-2H3,(H3,15,16,17,18,19,20). The van der Waals surface area contributed by atoms with E-state index in [1.807, 2.05) is 4.98 Å². The molecule has 0 bridgehead atoms. The lowest BCUT2D eigenvalue weighted by Gasteiger charge is -2.09. The van der Waals surface area contributed by atoms with Crippen LogP contribution in [-0.4, -0.2) is 30.1 Å². The first-order valence-electron chi connectivity index (χ1n) is 6.36. The maximum atomic E-state index is 11.9. The van der Waals surface area contributed by atoms with Crippen LogP contribution >= 0.6 is 0 Å². The zero-order valence-corrected chi connectivity index (χ0v) is 12.1. The zero-order valence-electron chi connectivity index (χ0n) is 12.1. The molecule has 0 aliphatic heterocycles. The molecule has 8 nitrogen and oxygen atoms in total. The van der Waals surface area contributed by atoms with Crippen molar-refractivity contribution in [2.75, 3.05) is 19.5 Å². The molecule has 0 atom stereocenters. The average Bonchev–Trinajstić information content (AvgIpc) is 2.45. The Balaban J connectivity index is 2.12. The molecule has 22 heavy (non-hydrogen) atoms. The van der Waals surface area contributed by atoms with Gasteiger partial charge in [-0.15, -0.1) is 0 Å². The van der Waals surface area contributed by atoms with Crippen LogP contribution in [0.1, 0.15) is 5.56 Å². The Morgan fingerprint density at radius 3 is 2.45 bits per heavy atom. The van der Waals surface area contributed by atoms with E-state index < -0.39 is 11.2 Å². The van der Waals surface area contributed by atoms with Gasteiger partial charge in [-0.2, -0.15) is 0 Å². The van der Waals surface area contributed by atoms with Gasteiger partial charge in [-0.25, -0.2) is 4.79 Å². The van der Waals surface area contributed by atoms with Gasteiger partial charge in [0.05, 0.1) is 20.6 Å². The minimum atomic E-state index is -0.686. The second-order valence-corrected chi connectivity index (χ2v) is 4.42. The minimum absolute atomic E-state index is 0.0410. The summed E-state index contributed by atoms with van der Waals surface area (Å²) in [6, 6.07) is 6.19. The molecule has 0 saturated heterocycles. The molecule has 0 fully saturated rings. The minimum Gasteiger partial charge on any atom is -0.493 e. The fraction of sp³-hybridized carbons (Fsp3) is 0.214. The third-order valence-electron chi connectivity index (χ3n) is 2.85. The molecule has 0 spiro atoms. The molecular formula is C14H15N3O5. The van der Waals surface area contributed by atoms with Gasteiger partial charge in [-0.3, -0.25) is 19.6 Å². The number of hydrogen-bond acceptors (Lipinski definition) is 5. The molecule has 8 heteroatoms. The first-order chi connectivity index (χ1) is 10.5. The highest BCUT2D eigenvalue weighted by molar-refractivity contribution is 5.91. The van der Waals surface area contributed by atoms with E-state index >= 15 is 0 Å². The quantitative estimate of drug-likeness (QED) is 0.733. The first kappa shape index (κ1) is 15.4. The topological polar surface area (TPSA) is 113 Å². The van der Waals surface area contributed by atoms with E-state index in [1.54, 1.807) is 18.2 Å². The molecule has 2 rings (SSSR count). The summed E-state index contributed by atoms with van der Waals surface area (Å²) in [6.45, 7) is 0. The van der Waals surface area contributed by atoms with E-state index in [9.17, 15) is 14.4 Å². The van der Waals surface area contributed by atoms with Crippen LogP contribution < -0.4 is 26.0 Å². The van der Waals surface area contributed by atoms with Crippen LogP contribution in [0.3, 0.4) is 0 Å². The van der Waals surface area contributed by atoms with Gasteiger partial charge in [-0.05, 0) is 17.7 Å². The van der Waals surface area contributed by atoms with Gasteiger partial charge >= 0.3 is 5.69 Å². The lowest BCUT2D eigenvalue weighted by Crippen LogP contribution is -2.25. The van der Waals surface area contributed by atoms with E-state index in [4.69, 9.17) is 9.47 Å². The molecule has 0 radical (unpaired) electrons. The number of benzene rings is 1. The van der Waals surface area contributed by atoms with Crippen LogP contribution in [0, 0.1) is 0 Å². The summed E-state index contributed by atoms with van der Waals surface area (Å²) < 4.78 is 10.3. The Morgan fingerprint density at radius 2 is 1.82 bits per heavy atom. The summed E-state index contributed by atoms with van der Waals surface area (Å²) in [6.07, 6.45) is 0.0508. The van der Waals surface area contributed by atoms with E-state index in [1.165, 1.54) is 14.2 Å². The van der Waals surface area contributed by atoms with Crippen molar-refractivity contribution in [1.82, 2.24) is 9.97 Å². The highest BCUT2D eigenvalue weighted by atomic mass is 16.5. The van der Waals surface area contributed by atoms with Gasteiger partial charge in [0, 0.05) is 6.07 Å². The van der Waals surface area contributed by atoms with Crippen molar-refractivity contribution in [1.29, 1.82) is 0 Å². The number of carbonyl (C=O) groups is 1. The summed E-state index contributed by atoms with van der Waals surface area (Å²) >= 11 is 0. The van der Waals surface area contributed by atoms with Crippen molar-refractivity contribution < 1.29 is 14.3 Å². The third kappa shape index (κ3) is 3.75. The Bertz CT molecular complexity index is 765. The molecule has 0 saturated carbocycles. The Labute approximate surface area is 125 Å². The molecule has 116 valence electrons. The number of anilines is 1. The summed E-state index contributed by atoms with van der Waals surface area (Å²) in [7, 11) is 3.02. The summed E-state index contributed by atoms with van der Waals surface area (Å²) in [5.41, 5.74) is -0.582. The lowest BCUT2D eigenvalue weighted by atomic mass is 10.1. The summed E-state index contributed by atoms with van der Waals surface area (Å²) in [5.74, 6) is 0.732. The number of carbonyl (C=O) groups excluding carboxylic acids is 1. The van der Waals surface area contributed by atoms with Crippen molar-refractivity contribution in [3.8, 4) is 11.5 Å². The van der Waals surface area contributed by atoms with E-state index in [0.717, 1.165) is 6.07 Å². The molecule has 1 aromatic heterocycles. The molecule has 0 aliphatic carbocycles. The van der Waals surface area contributed by atoms with Crippen molar-refractivity contribution in [2.45, 2.75) is 6.42 Å². The van der Waals surface area contributed by atoms with Crippen LogP contribution in [0.25, 0.3) is 0 Å². The zero-order chi connectivity index (χ0) is 16.1. The smallest absolute Gasteiger partial charge is 0.327 e. The molecular weight excluding hydrogens is 290 g/mol. The SMILES string of the molecule is COc1ccc(CC(=O)Nc2cc(=O)[nH]c(=O)[nH]2)cc1OC. The molecule has 1 heterocycles. The van der Waals surface area contributed by atoms with Crippen LogP contribution in [-0.2, 0) is 11.2 Å². The number of rotatable bonds is 5. The molecule has 1 aromatic carbocycles. The Kier molecular flexibility index (Phi) is 4.62. The number of H-pyrrole nitrogens is 2. The number of aromatic nitrogens is 2. The predicted octanol–water partition coefficient (Wildman–Crippen LogP) is 0.262. The summed E-state index contributed by atoms with van der Waals surface area (Å²) in [5, 5.41) is 2.45. The average molecular weight is 305 g/mol. The fourth-order valence-electron chi connectivity index (χ4n) is 1.91. The van der Waals surface area contributed by atoms with Crippen LogP contribution in [0.2, 0.25) is 0 Å². The highest BCUT2D eigenvalue weighted by Gasteiger charge is 2.09. The van der Waals surface area contributed by atoms with Gasteiger partial charge < -0.3 is 14.8 Å². The number of methoxy groups -OCH3 is 2. The second-order valence-electron chi connectivity index (χ2n) is 4.42. The van der Waals surface area contributed by atoms with E-state index in [2.05, 4.69) is 10.3 Å². The maximum absolute atomic E-state index is 11.9. The van der Waals surface area contributed by atoms with Crippen molar-refractivity contribution in [2.24, 2.45) is 0 Å². The van der Waals surface area contributed by atoms with Gasteiger partial charge in [-0.1, -0.05) is 6.07 Å². The molecule has 3 N–H and O–H groups in total. The number of nitrogens with one attached hydrogen (secondary N) is 3. The third-order valence-corrected chi connectivity index (χ3v) is 2.85.